The van der Waals surface area contributed by atoms with Crippen LogP contribution in [0.2, 0.25) is 0 Å². The van der Waals surface area contributed by atoms with E-state index in [1.54, 1.807) is 18.2 Å². The lowest BCUT2D eigenvalue weighted by Gasteiger charge is -2.16. The van der Waals surface area contributed by atoms with Gasteiger partial charge in [-0.15, -0.1) is 0 Å². The maximum absolute atomic E-state index is 13.1. The summed E-state index contributed by atoms with van der Waals surface area (Å²) in [5.41, 5.74) is 0.501. The number of alkyl halides is 3. The number of nitrogens with one attached hydrogen (secondary N) is 1. The predicted molar refractivity (Wildman–Crippen MR) is 74.6 cm³/mol. The van der Waals surface area contributed by atoms with E-state index >= 15 is 0 Å². The third-order valence-corrected chi connectivity index (χ3v) is 3.03. The lowest BCUT2D eigenvalue weighted by atomic mass is 10.1. The molecule has 21 heavy (non-hydrogen) atoms. The van der Waals surface area contributed by atoms with E-state index in [1.165, 1.54) is 18.2 Å². The van der Waals surface area contributed by atoms with E-state index in [1.807, 2.05) is 6.92 Å². The number of hydrogen-bond donors (Lipinski definition) is 1. The van der Waals surface area contributed by atoms with E-state index in [2.05, 4.69) is 5.32 Å². The highest BCUT2D eigenvalue weighted by molar-refractivity contribution is 5.47. The Labute approximate surface area is 120 Å². The van der Waals surface area contributed by atoms with E-state index in [9.17, 15) is 17.6 Å². The molecule has 0 fully saturated rings. The molecule has 2 rings (SSSR count). The number of halogens is 4. The lowest BCUT2D eigenvalue weighted by molar-refractivity contribution is -0.137. The molecule has 1 atom stereocenters. The van der Waals surface area contributed by atoms with Crippen molar-refractivity contribution >= 4 is 5.69 Å². The zero-order chi connectivity index (χ0) is 15.5. The molecule has 1 nitrogen and oxygen atoms in total. The summed E-state index contributed by atoms with van der Waals surface area (Å²) in [7, 11) is 0. The van der Waals surface area contributed by atoms with Gasteiger partial charge in [-0.2, -0.15) is 13.2 Å². The molecule has 0 radical (unpaired) electrons. The molecular weight excluding hydrogens is 282 g/mol. The summed E-state index contributed by atoms with van der Waals surface area (Å²) in [6.07, 6.45) is -3.84. The smallest absolute Gasteiger partial charge is 0.382 e. The zero-order valence-corrected chi connectivity index (χ0v) is 11.4. The Morgan fingerprint density at radius 2 is 1.76 bits per heavy atom. The molecule has 1 N–H and O–H groups in total. The largest absolute Gasteiger partial charge is 0.416 e. The molecule has 0 aliphatic carbocycles. The Balaban J connectivity index is 2.04. The summed E-state index contributed by atoms with van der Waals surface area (Å²) < 4.78 is 51.0. The topological polar surface area (TPSA) is 12.0 Å². The van der Waals surface area contributed by atoms with Crippen molar-refractivity contribution in [3.63, 3.8) is 0 Å². The fraction of sp³-hybridized carbons (Fsp3) is 0.250. The second kappa shape index (κ2) is 6.16. The van der Waals surface area contributed by atoms with Crippen LogP contribution in [0.3, 0.4) is 0 Å². The molecule has 0 amide bonds. The van der Waals surface area contributed by atoms with Crippen molar-refractivity contribution in [3.8, 4) is 0 Å². The molecule has 5 heteroatoms. The van der Waals surface area contributed by atoms with Crippen molar-refractivity contribution in [2.75, 3.05) is 5.32 Å². The summed E-state index contributed by atoms with van der Waals surface area (Å²) in [5, 5.41) is 3.00. The standard InChI is InChI=1S/C16H15F4N/c1-11(8-12-4-2-6-14(17)9-12)21-15-7-3-5-13(10-15)16(18,19)20/h2-7,9-11,21H,8H2,1H3. The zero-order valence-electron chi connectivity index (χ0n) is 11.4. The minimum Gasteiger partial charge on any atom is -0.382 e. The Kier molecular flexibility index (Phi) is 4.50. The highest BCUT2D eigenvalue weighted by Gasteiger charge is 2.30. The molecule has 0 bridgehead atoms. The number of anilines is 1. The Bertz CT molecular complexity index is 607. The highest BCUT2D eigenvalue weighted by Crippen LogP contribution is 2.30. The molecular formula is C16H15F4N. The normalized spacial score (nSPS) is 13.0. The van der Waals surface area contributed by atoms with Crippen molar-refractivity contribution in [1.29, 1.82) is 0 Å². The molecule has 1 unspecified atom stereocenters. The van der Waals surface area contributed by atoms with E-state index in [0.717, 1.165) is 17.7 Å². The molecule has 0 aromatic heterocycles. The van der Waals surface area contributed by atoms with Crippen LogP contribution < -0.4 is 5.32 Å². The maximum Gasteiger partial charge on any atom is 0.416 e. The van der Waals surface area contributed by atoms with Gasteiger partial charge in [-0.25, -0.2) is 4.39 Å². The van der Waals surface area contributed by atoms with E-state index in [-0.39, 0.29) is 11.9 Å². The van der Waals surface area contributed by atoms with Gasteiger partial charge in [0.2, 0.25) is 0 Å². The first-order chi connectivity index (χ1) is 9.84. The molecule has 0 aliphatic heterocycles. The minimum absolute atomic E-state index is 0.115. The van der Waals surface area contributed by atoms with Crippen molar-refractivity contribution in [3.05, 3.63) is 65.5 Å². The van der Waals surface area contributed by atoms with Gasteiger partial charge in [-0.1, -0.05) is 18.2 Å². The Morgan fingerprint density at radius 3 is 2.43 bits per heavy atom. The molecule has 0 heterocycles. The minimum atomic E-state index is -4.36. The summed E-state index contributed by atoms with van der Waals surface area (Å²) >= 11 is 0. The van der Waals surface area contributed by atoms with Gasteiger partial charge in [-0.3, -0.25) is 0 Å². The van der Waals surface area contributed by atoms with Crippen LogP contribution >= 0.6 is 0 Å². The Hall–Kier alpha value is -2.04. The van der Waals surface area contributed by atoms with Gasteiger partial charge in [0, 0.05) is 11.7 Å². The number of benzene rings is 2. The van der Waals surface area contributed by atoms with E-state index < -0.39 is 11.7 Å². The first-order valence-corrected chi connectivity index (χ1v) is 6.53. The van der Waals surface area contributed by atoms with Gasteiger partial charge in [0.15, 0.2) is 0 Å². The van der Waals surface area contributed by atoms with Gasteiger partial charge < -0.3 is 5.32 Å². The third-order valence-electron chi connectivity index (χ3n) is 3.03. The van der Waals surface area contributed by atoms with E-state index in [0.29, 0.717) is 12.1 Å². The number of hydrogen-bond acceptors (Lipinski definition) is 1. The molecule has 0 saturated heterocycles. The van der Waals surface area contributed by atoms with Crippen molar-refractivity contribution < 1.29 is 17.6 Å². The molecule has 2 aromatic carbocycles. The van der Waals surface area contributed by atoms with Crippen LogP contribution in [0.1, 0.15) is 18.1 Å². The molecule has 0 spiro atoms. The monoisotopic (exact) mass is 297 g/mol. The van der Waals surface area contributed by atoms with Crippen LogP contribution in [0.5, 0.6) is 0 Å². The van der Waals surface area contributed by atoms with Gasteiger partial charge in [0.05, 0.1) is 5.56 Å². The van der Waals surface area contributed by atoms with Crippen LogP contribution in [-0.4, -0.2) is 6.04 Å². The van der Waals surface area contributed by atoms with Crippen LogP contribution in [0.25, 0.3) is 0 Å². The van der Waals surface area contributed by atoms with Crippen LogP contribution in [0.4, 0.5) is 23.2 Å². The fourth-order valence-electron chi connectivity index (χ4n) is 2.14. The quantitative estimate of drug-likeness (QED) is 0.792. The Morgan fingerprint density at radius 1 is 1.05 bits per heavy atom. The van der Waals surface area contributed by atoms with Gasteiger partial charge in [0.25, 0.3) is 0 Å². The van der Waals surface area contributed by atoms with Crippen LogP contribution in [0.15, 0.2) is 48.5 Å². The van der Waals surface area contributed by atoms with Gasteiger partial charge in [0.1, 0.15) is 5.82 Å². The van der Waals surface area contributed by atoms with E-state index in [4.69, 9.17) is 0 Å². The van der Waals surface area contributed by atoms with Gasteiger partial charge in [-0.05, 0) is 49.2 Å². The van der Waals surface area contributed by atoms with Crippen molar-refractivity contribution in [1.82, 2.24) is 0 Å². The van der Waals surface area contributed by atoms with Crippen LogP contribution in [-0.2, 0) is 12.6 Å². The number of rotatable bonds is 4. The molecule has 2 aromatic rings. The van der Waals surface area contributed by atoms with Crippen molar-refractivity contribution in [2.45, 2.75) is 25.6 Å². The van der Waals surface area contributed by atoms with Crippen molar-refractivity contribution in [2.24, 2.45) is 0 Å². The second-order valence-electron chi connectivity index (χ2n) is 4.96. The summed E-state index contributed by atoms with van der Waals surface area (Å²) in [6.45, 7) is 1.84. The molecule has 0 saturated carbocycles. The SMILES string of the molecule is CC(Cc1cccc(F)c1)Nc1cccc(C(F)(F)F)c1. The summed E-state index contributed by atoms with van der Waals surface area (Å²) in [6, 6.07) is 11.1. The first-order valence-electron chi connectivity index (χ1n) is 6.53. The van der Waals surface area contributed by atoms with Crippen LogP contribution in [0, 0.1) is 5.82 Å². The average Bonchev–Trinajstić information content (AvgIpc) is 2.37. The predicted octanol–water partition coefficient (Wildman–Crippen LogP) is 4.89. The fourth-order valence-corrected chi connectivity index (χ4v) is 2.14. The summed E-state index contributed by atoms with van der Waals surface area (Å²) in [4.78, 5) is 0. The molecule has 112 valence electrons. The second-order valence-corrected chi connectivity index (χ2v) is 4.96. The highest BCUT2D eigenvalue weighted by atomic mass is 19.4. The maximum atomic E-state index is 13.1. The molecule has 0 aliphatic rings. The third kappa shape index (κ3) is 4.48. The first kappa shape index (κ1) is 15.4. The summed E-state index contributed by atoms with van der Waals surface area (Å²) in [5.74, 6) is -0.321. The average molecular weight is 297 g/mol. The van der Waals surface area contributed by atoms with Gasteiger partial charge >= 0.3 is 6.18 Å². The lowest BCUT2D eigenvalue weighted by Crippen LogP contribution is -2.18.